The third-order valence-corrected chi connectivity index (χ3v) is 2.44. The second-order valence-corrected chi connectivity index (χ2v) is 3.96. The molecule has 0 radical (unpaired) electrons. The Hall–Kier alpha value is -2.24. The van der Waals surface area contributed by atoms with Crippen LogP contribution in [0, 0.1) is 0 Å². The number of nitrogens with zero attached hydrogens (tertiary/aromatic N) is 2. The number of amides is 3. The molecule has 1 rings (SSSR count). The predicted molar refractivity (Wildman–Crippen MR) is 68.2 cm³/mol. The number of hydrogen-bond donors (Lipinski definition) is 2. The number of benzene rings is 1. The Kier molecular flexibility index (Phi) is 4.53. The highest BCUT2D eigenvalue weighted by molar-refractivity contribution is 5.85. The molecular weight excluding hydrogens is 234 g/mol. The van der Waals surface area contributed by atoms with Crippen molar-refractivity contribution in [1.29, 1.82) is 0 Å². The van der Waals surface area contributed by atoms with Crippen LogP contribution in [0.3, 0.4) is 0 Å². The second-order valence-electron chi connectivity index (χ2n) is 3.96. The lowest BCUT2D eigenvalue weighted by atomic mass is 10.1. The van der Waals surface area contributed by atoms with Crippen LogP contribution >= 0.6 is 0 Å². The fraction of sp³-hybridized carbons (Fsp3) is 0.333. The van der Waals surface area contributed by atoms with Crippen LogP contribution in [0.2, 0.25) is 0 Å². The maximum atomic E-state index is 11.5. The van der Waals surface area contributed by atoms with Crippen molar-refractivity contribution in [3.8, 4) is 5.75 Å². The molecule has 2 N–H and O–H groups in total. The number of aromatic hydroxyl groups is 1. The maximum Gasteiger partial charge on any atom is 0.336 e. The standard InChI is InChI=1S/C12H17N3O3/c1-4-9-5-6-11(17)10(7-9)15(8-16)13-12(18)14(2)3/h5-8,17H,4H2,1-3H3,(H,13,18). The largest absolute Gasteiger partial charge is 0.506 e. The van der Waals surface area contributed by atoms with Crippen molar-refractivity contribution >= 4 is 18.1 Å². The Morgan fingerprint density at radius 3 is 2.61 bits per heavy atom. The normalized spacial score (nSPS) is 9.72. The quantitative estimate of drug-likeness (QED) is 0.621. The number of hydrogen-bond acceptors (Lipinski definition) is 3. The van der Waals surface area contributed by atoms with Crippen LogP contribution in [-0.2, 0) is 11.2 Å². The van der Waals surface area contributed by atoms with E-state index in [4.69, 9.17) is 0 Å². The molecule has 0 aliphatic heterocycles. The fourth-order valence-corrected chi connectivity index (χ4v) is 1.33. The molecule has 0 unspecified atom stereocenters. The molecule has 0 heterocycles. The van der Waals surface area contributed by atoms with E-state index in [1.165, 1.54) is 11.0 Å². The van der Waals surface area contributed by atoms with Crippen molar-refractivity contribution in [1.82, 2.24) is 10.3 Å². The van der Waals surface area contributed by atoms with E-state index in [9.17, 15) is 14.7 Å². The summed E-state index contributed by atoms with van der Waals surface area (Å²) in [6.07, 6.45) is 1.21. The average Bonchev–Trinajstić information content (AvgIpc) is 2.36. The Balaban J connectivity index is 3.01. The van der Waals surface area contributed by atoms with Crippen LogP contribution in [0.5, 0.6) is 5.75 Å². The van der Waals surface area contributed by atoms with Gasteiger partial charge in [-0.3, -0.25) is 4.79 Å². The van der Waals surface area contributed by atoms with Crippen molar-refractivity contribution in [2.45, 2.75) is 13.3 Å². The first kappa shape index (κ1) is 13.8. The van der Waals surface area contributed by atoms with Gasteiger partial charge in [-0.05, 0) is 24.1 Å². The molecule has 3 amide bonds. The Bertz CT molecular complexity index is 446. The summed E-state index contributed by atoms with van der Waals surface area (Å²) < 4.78 is 0. The molecule has 6 heteroatoms. The van der Waals surface area contributed by atoms with Gasteiger partial charge in [0, 0.05) is 14.1 Å². The Morgan fingerprint density at radius 1 is 1.44 bits per heavy atom. The van der Waals surface area contributed by atoms with Crippen molar-refractivity contribution in [2.75, 3.05) is 19.1 Å². The summed E-state index contributed by atoms with van der Waals surface area (Å²) in [6, 6.07) is 4.45. The number of anilines is 1. The zero-order valence-electron chi connectivity index (χ0n) is 10.7. The number of hydrazine groups is 1. The Labute approximate surface area is 106 Å². The molecule has 98 valence electrons. The highest BCUT2D eigenvalue weighted by atomic mass is 16.3. The molecule has 0 saturated heterocycles. The highest BCUT2D eigenvalue weighted by Gasteiger charge is 2.14. The molecule has 0 bridgehead atoms. The third kappa shape index (κ3) is 3.13. The van der Waals surface area contributed by atoms with Gasteiger partial charge in [-0.25, -0.2) is 15.2 Å². The number of aryl methyl sites for hydroxylation is 1. The van der Waals surface area contributed by atoms with Crippen LogP contribution < -0.4 is 10.4 Å². The first-order chi connectivity index (χ1) is 8.49. The molecule has 18 heavy (non-hydrogen) atoms. The maximum absolute atomic E-state index is 11.5. The summed E-state index contributed by atoms with van der Waals surface area (Å²) >= 11 is 0. The van der Waals surface area contributed by atoms with E-state index < -0.39 is 6.03 Å². The van der Waals surface area contributed by atoms with E-state index in [0.717, 1.165) is 17.0 Å². The summed E-state index contributed by atoms with van der Waals surface area (Å²) in [4.78, 5) is 23.8. The van der Waals surface area contributed by atoms with Gasteiger partial charge < -0.3 is 10.0 Å². The number of phenolic OH excluding ortho intramolecular Hbond substituents is 1. The number of phenols is 1. The van der Waals surface area contributed by atoms with Gasteiger partial charge in [-0.2, -0.15) is 0 Å². The van der Waals surface area contributed by atoms with Crippen LogP contribution in [0.4, 0.5) is 10.5 Å². The SMILES string of the molecule is CCc1ccc(O)c(N(C=O)NC(=O)N(C)C)c1. The highest BCUT2D eigenvalue weighted by Crippen LogP contribution is 2.26. The first-order valence-electron chi connectivity index (χ1n) is 5.54. The summed E-state index contributed by atoms with van der Waals surface area (Å²) in [5.74, 6) is -0.0710. The zero-order valence-corrected chi connectivity index (χ0v) is 10.7. The molecule has 0 aromatic heterocycles. The van der Waals surface area contributed by atoms with Gasteiger partial charge in [0.05, 0.1) is 0 Å². The van der Waals surface area contributed by atoms with E-state index in [1.54, 1.807) is 26.2 Å². The topological polar surface area (TPSA) is 72.9 Å². The molecule has 6 nitrogen and oxygen atoms in total. The van der Waals surface area contributed by atoms with Crippen LogP contribution in [0.15, 0.2) is 18.2 Å². The van der Waals surface area contributed by atoms with E-state index in [2.05, 4.69) is 5.43 Å². The number of carbonyl (C=O) groups is 2. The molecule has 0 aliphatic carbocycles. The van der Waals surface area contributed by atoms with Gasteiger partial charge in [0.25, 0.3) is 0 Å². The second kappa shape index (κ2) is 5.90. The van der Waals surface area contributed by atoms with E-state index in [-0.39, 0.29) is 11.4 Å². The molecule has 0 fully saturated rings. The lowest BCUT2D eigenvalue weighted by Gasteiger charge is -2.22. The number of nitrogens with one attached hydrogen (secondary N) is 1. The minimum atomic E-state index is -0.455. The summed E-state index contributed by atoms with van der Waals surface area (Å²) in [6.45, 7) is 1.96. The number of carbonyl (C=O) groups excluding carboxylic acids is 2. The lowest BCUT2D eigenvalue weighted by molar-refractivity contribution is -0.107. The minimum Gasteiger partial charge on any atom is -0.506 e. The zero-order chi connectivity index (χ0) is 13.7. The van der Waals surface area contributed by atoms with Crippen LogP contribution in [0.1, 0.15) is 12.5 Å². The summed E-state index contributed by atoms with van der Waals surface area (Å²) in [7, 11) is 3.11. The van der Waals surface area contributed by atoms with Gasteiger partial charge in [0.1, 0.15) is 11.4 Å². The number of rotatable bonds is 4. The monoisotopic (exact) mass is 251 g/mol. The van der Waals surface area contributed by atoms with Gasteiger partial charge >= 0.3 is 6.03 Å². The van der Waals surface area contributed by atoms with Crippen molar-refractivity contribution in [3.05, 3.63) is 23.8 Å². The molecule has 1 aromatic rings. The van der Waals surface area contributed by atoms with Gasteiger partial charge in [0.2, 0.25) is 6.41 Å². The average molecular weight is 251 g/mol. The Morgan fingerprint density at radius 2 is 2.11 bits per heavy atom. The van der Waals surface area contributed by atoms with Crippen molar-refractivity contribution < 1.29 is 14.7 Å². The van der Waals surface area contributed by atoms with E-state index >= 15 is 0 Å². The van der Waals surface area contributed by atoms with Crippen LogP contribution in [-0.4, -0.2) is 36.5 Å². The molecular formula is C12H17N3O3. The van der Waals surface area contributed by atoms with Crippen molar-refractivity contribution in [2.24, 2.45) is 0 Å². The lowest BCUT2D eigenvalue weighted by Crippen LogP contribution is -2.46. The predicted octanol–water partition coefficient (Wildman–Crippen LogP) is 1.10. The van der Waals surface area contributed by atoms with Gasteiger partial charge in [0.15, 0.2) is 0 Å². The van der Waals surface area contributed by atoms with E-state index in [1.807, 2.05) is 6.92 Å². The molecule has 0 atom stereocenters. The number of urea groups is 1. The van der Waals surface area contributed by atoms with Crippen LogP contribution in [0.25, 0.3) is 0 Å². The summed E-state index contributed by atoms with van der Waals surface area (Å²) in [5, 5.41) is 10.7. The smallest absolute Gasteiger partial charge is 0.336 e. The fourth-order valence-electron chi connectivity index (χ4n) is 1.33. The van der Waals surface area contributed by atoms with Gasteiger partial charge in [-0.15, -0.1) is 0 Å². The van der Waals surface area contributed by atoms with E-state index in [0.29, 0.717) is 6.41 Å². The summed E-state index contributed by atoms with van der Waals surface area (Å²) in [5.41, 5.74) is 3.57. The van der Waals surface area contributed by atoms with Gasteiger partial charge in [-0.1, -0.05) is 13.0 Å². The molecule has 1 aromatic carbocycles. The third-order valence-electron chi connectivity index (χ3n) is 2.44. The first-order valence-corrected chi connectivity index (χ1v) is 5.54. The van der Waals surface area contributed by atoms with Crippen molar-refractivity contribution in [3.63, 3.8) is 0 Å². The minimum absolute atomic E-state index is 0.0710. The molecule has 0 saturated carbocycles. The molecule has 0 spiro atoms. The molecule has 0 aliphatic rings.